The minimum absolute atomic E-state index is 0.267. The number of halogens is 1. The van der Waals surface area contributed by atoms with E-state index in [9.17, 15) is 8.42 Å². The molecule has 2 aromatic carbocycles. The van der Waals surface area contributed by atoms with Crippen molar-refractivity contribution in [3.05, 3.63) is 63.6 Å². The van der Waals surface area contributed by atoms with Crippen molar-refractivity contribution >= 4 is 26.0 Å². The fourth-order valence-corrected chi connectivity index (χ4v) is 3.69. The van der Waals surface area contributed by atoms with Gasteiger partial charge in [0.25, 0.3) is 0 Å². The van der Waals surface area contributed by atoms with Crippen molar-refractivity contribution in [3.63, 3.8) is 0 Å². The number of nitrogens with one attached hydrogen (secondary N) is 1. The van der Waals surface area contributed by atoms with E-state index < -0.39 is 10.0 Å². The molecule has 112 valence electrons. The molecule has 3 nitrogen and oxygen atoms in total. The Balaban J connectivity index is 2.27. The molecule has 1 atom stereocenters. The van der Waals surface area contributed by atoms with Crippen molar-refractivity contribution in [2.24, 2.45) is 0 Å². The molecule has 21 heavy (non-hydrogen) atoms. The average molecular weight is 368 g/mol. The highest BCUT2D eigenvalue weighted by Gasteiger charge is 2.19. The van der Waals surface area contributed by atoms with Gasteiger partial charge >= 0.3 is 0 Å². The van der Waals surface area contributed by atoms with Crippen LogP contribution in [-0.4, -0.2) is 8.42 Å². The fraction of sp³-hybridized carbons (Fsp3) is 0.250. The predicted molar refractivity (Wildman–Crippen MR) is 88.8 cm³/mol. The van der Waals surface area contributed by atoms with Gasteiger partial charge in [0.2, 0.25) is 10.0 Å². The lowest BCUT2D eigenvalue weighted by atomic mass is 10.0. The van der Waals surface area contributed by atoms with Gasteiger partial charge in [0.15, 0.2) is 0 Å². The van der Waals surface area contributed by atoms with Gasteiger partial charge in [-0.2, -0.15) is 0 Å². The molecule has 0 spiro atoms. The third-order valence-electron chi connectivity index (χ3n) is 3.36. The Hall–Kier alpha value is -1.17. The first kappa shape index (κ1) is 16.2. The van der Waals surface area contributed by atoms with Gasteiger partial charge in [0.05, 0.1) is 4.90 Å². The molecule has 0 bridgehead atoms. The monoisotopic (exact) mass is 367 g/mol. The molecule has 0 heterocycles. The molecular weight excluding hydrogens is 350 g/mol. The molecule has 2 rings (SSSR count). The van der Waals surface area contributed by atoms with Gasteiger partial charge in [-0.25, -0.2) is 13.1 Å². The van der Waals surface area contributed by atoms with Crippen LogP contribution < -0.4 is 4.72 Å². The second-order valence-corrected chi connectivity index (χ2v) is 7.79. The lowest BCUT2D eigenvalue weighted by Crippen LogP contribution is -2.27. The molecular formula is C16H18BrNO2S. The molecule has 0 aliphatic rings. The maximum atomic E-state index is 12.4. The Morgan fingerprint density at radius 1 is 1.05 bits per heavy atom. The normalized spacial score (nSPS) is 13.1. The van der Waals surface area contributed by atoms with Crippen LogP contribution in [0.2, 0.25) is 0 Å². The molecule has 1 N–H and O–H groups in total. The highest BCUT2D eigenvalue weighted by Crippen LogP contribution is 2.22. The predicted octanol–water partition coefficient (Wildman–Crippen LogP) is 4.11. The first-order chi connectivity index (χ1) is 9.79. The summed E-state index contributed by atoms with van der Waals surface area (Å²) in [4.78, 5) is 0.267. The molecule has 0 unspecified atom stereocenters. The van der Waals surface area contributed by atoms with Gasteiger partial charge < -0.3 is 0 Å². The summed E-state index contributed by atoms with van der Waals surface area (Å²) >= 11 is 3.30. The molecule has 0 saturated carbocycles. The van der Waals surface area contributed by atoms with Gasteiger partial charge in [-0.1, -0.05) is 39.7 Å². The van der Waals surface area contributed by atoms with E-state index in [1.807, 2.05) is 39.0 Å². The molecule has 5 heteroatoms. The van der Waals surface area contributed by atoms with E-state index in [1.165, 1.54) is 0 Å². The first-order valence-electron chi connectivity index (χ1n) is 6.64. The Labute approximate surface area is 134 Å². The molecule has 0 aliphatic carbocycles. The van der Waals surface area contributed by atoms with Crippen LogP contribution in [0.15, 0.2) is 51.8 Å². The molecule has 2 aromatic rings. The summed E-state index contributed by atoms with van der Waals surface area (Å²) < 4.78 is 28.4. The van der Waals surface area contributed by atoms with Crippen LogP contribution in [0.3, 0.4) is 0 Å². The maximum absolute atomic E-state index is 12.4. The number of rotatable bonds is 4. The minimum Gasteiger partial charge on any atom is -0.207 e. The second kappa shape index (κ2) is 6.30. The summed E-state index contributed by atoms with van der Waals surface area (Å²) in [7, 11) is -3.52. The van der Waals surface area contributed by atoms with Gasteiger partial charge in [0, 0.05) is 10.5 Å². The Morgan fingerprint density at radius 2 is 1.67 bits per heavy atom. The number of hydrogen-bond donors (Lipinski definition) is 1. The zero-order chi connectivity index (χ0) is 15.6. The molecule has 0 fully saturated rings. The number of benzene rings is 2. The Morgan fingerprint density at radius 3 is 2.29 bits per heavy atom. The molecule has 0 radical (unpaired) electrons. The molecule has 0 aliphatic heterocycles. The summed E-state index contributed by atoms with van der Waals surface area (Å²) in [6.45, 7) is 5.84. The van der Waals surface area contributed by atoms with Crippen molar-refractivity contribution in [1.29, 1.82) is 0 Å². The quantitative estimate of drug-likeness (QED) is 0.883. The second-order valence-electron chi connectivity index (χ2n) is 5.16. The zero-order valence-corrected chi connectivity index (χ0v) is 14.6. The lowest BCUT2D eigenvalue weighted by Gasteiger charge is -2.17. The first-order valence-corrected chi connectivity index (χ1v) is 8.92. The average Bonchev–Trinajstić information content (AvgIpc) is 2.41. The summed E-state index contributed by atoms with van der Waals surface area (Å²) in [5.41, 5.74) is 3.19. The van der Waals surface area contributed by atoms with Crippen LogP contribution in [0.5, 0.6) is 0 Å². The lowest BCUT2D eigenvalue weighted by molar-refractivity contribution is 0.566. The van der Waals surface area contributed by atoms with Crippen molar-refractivity contribution in [2.75, 3.05) is 0 Å². The topological polar surface area (TPSA) is 46.2 Å². The summed E-state index contributed by atoms with van der Waals surface area (Å²) in [6, 6.07) is 12.4. The van der Waals surface area contributed by atoms with E-state index in [0.717, 1.165) is 21.2 Å². The number of sulfonamides is 1. The van der Waals surface area contributed by atoms with Crippen molar-refractivity contribution < 1.29 is 8.42 Å². The van der Waals surface area contributed by atoms with E-state index in [0.29, 0.717) is 0 Å². The van der Waals surface area contributed by atoms with Crippen molar-refractivity contribution in [2.45, 2.75) is 31.7 Å². The van der Waals surface area contributed by atoms with Crippen LogP contribution in [0, 0.1) is 13.8 Å². The van der Waals surface area contributed by atoms with E-state index in [4.69, 9.17) is 0 Å². The summed E-state index contributed by atoms with van der Waals surface area (Å²) in [5, 5.41) is 0. The van der Waals surface area contributed by atoms with E-state index >= 15 is 0 Å². The van der Waals surface area contributed by atoms with Crippen LogP contribution in [-0.2, 0) is 10.0 Å². The van der Waals surface area contributed by atoms with Gasteiger partial charge in [-0.3, -0.25) is 0 Å². The fourth-order valence-electron chi connectivity index (χ4n) is 2.20. The van der Waals surface area contributed by atoms with Crippen LogP contribution in [0.1, 0.15) is 29.7 Å². The van der Waals surface area contributed by atoms with Crippen LogP contribution in [0.4, 0.5) is 0 Å². The molecule has 0 aromatic heterocycles. The third-order valence-corrected chi connectivity index (χ3v) is 5.44. The van der Waals surface area contributed by atoms with E-state index in [1.54, 1.807) is 24.3 Å². The van der Waals surface area contributed by atoms with Gasteiger partial charge in [0.1, 0.15) is 0 Å². The maximum Gasteiger partial charge on any atom is 0.241 e. The highest BCUT2D eigenvalue weighted by molar-refractivity contribution is 9.10. The SMILES string of the molecule is Cc1ccc(C)c([C@H](C)NS(=O)(=O)c2ccc(Br)cc2)c1. The van der Waals surface area contributed by atoms with Crippen LogP contribution in [0.25, 0.3) is 0 Å². The Kier molecular flexibility index (Phi) is 4.86. The van der Waals surface area contributed by atoms with E-state index in [-0.39, 0.29) is 10.9 Å². The Bertz CT molecular complexity index is 739. The van der Waals surface area contributed by atoms with Gasteiger partial charge in [-0.15, -0.1) is 0 Å². The largest absolute Gasteiger partial charge is 0.241 e. The molecule has 0 amide bonds. The summed E-state index contributed by atoms with van der Waals surface area (Å²) in [5.74, 6) is 0. The smallest absolute Gasteiger partial charge is 0.207 e. The molecule has 0 saturated heterocycles. The van der Waals surface area contributed by atoms with Crippen molar-refractivity contribution in [3.8, 4) is 0 Å². The third kappa shape index (κ3) is 3.93. The van der Waals surface area contributed by atoms with Crippen LogP contribution >= 0.6 is 15.9 Å². The number of hydrogen-bond acceptors (Lipinski definition) is 2. The van der Waals surface area contributed by atoms with E-state index in [2.05, 4.69) is 20.7 Å². The van der Waals surface area contributed by atoms with Crippen molar-refractivity contribution in [1.82, 2.24) is 4.72 Å². The highest BCUT2D eigenvalue weighted by atomic mass is 79.9. The minimum atomic E-state index is -3.52. The standard InChI is InChI=1S/C16H18BrNO2S/c1-11-4-5-12(2)16(10-11)13(3)18-21(19,20)15-8-6-14(17)7-9-15/h4-10,13,18H,1-3H3/t13-/m0/s1. The summed E-state index contributed by atoms with van der Waals surface area (Å²) in [6.07, 6.45) is 0. The van der Waals surface area contributed by atoms with Gasteiger partial charge in [-0.05, 0) is 56.2 Å². The number of aryl methyl sites for hydroxylation is 2. The zero-order valence-electron chi connectivity index (χ0n) is 12.2.